The van der Waals surface area contributed by atoms with Crippen LogP contribution in [0.15, 0.2) is 35.5 Å². The molecule has 0 bridgehead atoms. The van der Waals surface area contributed by atoms with E-state index >= 15 is 0 Å². The maximum Gasteiger partial charge on any atom is 0.250 e. The molecule has 4 heteroatoms. The maximum atomic E-state index is 14.2. The van der Waals surface area contributed by atoms with Crippen molar-refractivity contribution in [1.29, 1.82) is 0 Å². The monoisotopic (exact) mass is 436 g/mol. The third-order valence-corrected chi connectivity index (χ3v) is 8.77. The smallest absolute Gasteiger partial charge is 0.250 e. The lowest BCUT2D eigenvalue weighted by atomic mass is 9.60. The van der Waals surface area contributed by atoms with Crippen LogP contribution in [0.1, 0.15) is 85.5 Å². The zero-order valence-corrected chi connectivity index (χ0v) is 19.8. The lowest BCUT2D eigenvalue weighted by molar-refractivity contribution is -0.0600. The lowest BCUT2D eigenvalue weighted by Crippen LogP contribution is -2.36. The molecule has 0 aliphatic heterocycles. The summed E-state index contributed by atoms with van der Waals surface area (Å²) < 4.78 is 28.4. The van der Waals surface area contributed by atoms with Gasteiger partial charge in [0.25, 0.3) is 0 Å². The van der Waals surface area contributed by atoms with E-state index < -0.39 is 24.0 Å². The van der Waals surface area contributed by atoms with E-state index in [1.54, 1.807) is 13.8 Å². The van der Waals surface area contributed by atoms with E-state index in [1.807, 2.05) is 0 Å². The highest BCUT2D eigenvalue weighted by molar-refractivity contribution is 5.38. The number of halogens is 2. The summed E-state index contributed by atoms with van der Waals surface area (Å²) in [6, 6.07) is 0. The standard InChI is InChI=1S/C27H42F2O2/c1-17(2)27(28,29)14-12-18(3)23-10-11-24-20(7-6-13-26(23,24)5)8-9-21-15-22(30)16-25(31)19(21)4/h8-9,17-18,22-25,30-31H,4,6-7,10-16H2,1-3,5H3/b20-8+,21-9+/t18-,22-,23-,24+,25+,26-/m1/s1. The van der Waals surface area contributed by atoms with Gasteiger partial charge in [0.05, 0.1) is 12.2 Å². The van der Waals surface area contributed by atoms with Gasteiger partial charge in [0.2, 0.25) is 5.92 Å². The summed E-state index contributed by atoms with van der Waals surface area (Å²) in [7, 11) is 0. The fraction of sp³-hybridized carbons (Fsp3) is 0.778. The number of hydrogen-bond donors (Lipinski definition) is 2. The van der Waals surface area contributed by atoms with Gasteiger partial charge in [-0.15, -0.1) is 0 Å². The van der Waals surface area contributed by atoms with Crippen molar-refractivity contribution in [3.05, 3.63) is 35.5 Å². The summed E-state index contributed by atoms with van der Waals surface area (Å²) in [4.78, 5) is 0. The summed E-state index contributed by atoms with van der Waals surface area (Å²) in [5, 5.41) is 20.1. The summed E-state index contributed by atoms with van der Waals surface area (Å²) >= 11 is 0. The molecule has 0 unspecified atom stereocenters. The molecule has 6 atom stereocenters. The van der Waals surface area contributed by atoms with E-state index in [0.29, 0.717) is 37.0 Å². The number of fused-ring (bicyclic) bond motifs is 1. The van der Waals surface area contributed by atoms with E-state index in [0.717, 1.165) is 36.8 Å². The van der Waals surface area contributed by atoms with Gasteiger partial charge in [-0.1, -0.05) is 52.0 Å². The van der Waals surface area contributed by atoms with Gasteiger partial charge in [0.15, 0.2) is 0 Å². The minimum atomic E-state index is -2.57. The number of allylic oxidation sites excluding steroid dienone is 3. The molecule has 2 nitrogen and oxygen atoms in total. The van der Waals surface area contributed by atoms with Crippen LogP contribution in [0.5, 0.6) is 0 Å². The highest BCUT2D eigenvalue weighted by Gasteiger charge is 2.51. The molecule has 0 radical (unpaired) electrons. The molecule has 3 aliphatic carbocycles. The van der Waals surface area contributed by atoms with Gasteiger partial charge in [-0.25, -0.2) is 8.78 Å². The molecule has 0 spiro atoms. The molecular weight excluding hydrogens is 394 g/mol. The average Bonchev–Trinajstić information content (AvgIpc) is 3.05. The Kier molecular flexibility index (Phi) is 7.53. The molecule has 0 amide bonds. The van der Waals surface area contributed by atoms with Crippen molar-refractivity contribution < 1.29 is 19.0 Å². The second-order valence-corrected chi connectivity index (χ2v) is 11.1. The zero-order chi connectivity index (χ0) is 23.0. The second kappa shape index (κ2) is 9.47. The van der Waals surface area contributed by atoms with Crippen molar-refractivity contribution in [2.24, 2.45) is 29.1 Å². The van der Waals surface area contributed by atoms with Crippen molar-refractivity contribution in [3.8, 4) is 0 Å². The second-order valence-electron chi connectivity index (χ2n) is 11.1. The molecule has 31 heavy (non-hydrogen) atoms. The van der Waals surface area contributed by atoms with E-state index in [4.69, 9.17) is 0 Å². The zero-order valence-electron chi connectivity index (χ0n) is 19.8. The van der Waals surface area contributed by atoms with Crippen molar-refractivity contribution in [3.63, 3.8) is 0 Å². The topological polar surface area (TPSA) is 40.5 Å². The summed E-state index contributed by atoms with van der Waals surface area (Å²) in [6.45, 7) is 11.8. The van der Waals surface area contributed by atoms with Gasteiger partial charge < -0.3 is 10.2 Å². The first-order valence-electron chi connectivity index (χ1n) is 12.3. The fourth-order valence-corrected chi connectivity index (χ4v) is 6.59. The number of hydrogen-bond acceptors (Lipinski definition) is 2. The van der Waals surface area contributed by atoms with Gasteiger partial charge in [0, 0.05) is 18.8 Å². The van der Waals surface area contributed by atoms with Crippen LogP contribution in [0, 0.1) is 29.1 Å². The Bertz CT molecular complexity index is 723. The van der Waals surface area contributed by atoms with Crippen LogP contribution in [0.3, 0.4) is 0 Å². The lowest BCUT2D eigenvalue weighted by Gasteiger charge is -2.44. The minimum absolute atomic E-state index is 0.00929. The quantitative estimate of drug-likeness (QED) is 0.479. The van der Waals surface area contributed by atoms with E-state index in [-0.39, 0.29) is 11.8 Å². The Hall–Kier alpha value is -1.00. The molecular formula is C27H42F2O2. The predicted octanol–water partition coefficient (Wildman–Crippen LogP) is 6.84. The number of aliphatic hydroxyl groups excluding tert-OH is 2. The molecule has 0 aromatic rings. The van der Waals surface area contributed by atoms with Gasteiger partial charge in [0.1, 0.15) is 0 Å². The molecule has 0 heterocycles. The number of alkyl halides is 2. The molecule has 176 valence electrons. The third-order valence-electron chi connectivity index (χ3n) is 8.77. The summed E-state index contributed by atoms with van der Waals surface area (Å²) in [6.07, 6.45) is 10.2. The minimum Gasteiger partial charge on any atom is -0.393 e. The van der Waals surface area contributed by atoms with Crippen LogP contribution in [-0.4, -0.2) is 28.3 Å². The maximum absolute atomic E-state index is 14.2. The Morgan fingerprint density at radius 1 is 1.19 bits per heavy atom. The summed E-state index contributed by atoms with van der Waals surface area (Å²) in [5.41, 5.74) is 3.30. The van der Waals surface area contributed by atoms with Crippen molar-refractivity contribution in [2.45, 2.75) is 104 Å². The van der Waals surface area contributed by atoms with Gasteiger partial charge in [-0.05, 0) is 79.3 Å². The number of aliphatic hydroxyl groups is 2. The first kappa shape index (κ1) is 24.6. The summed E-state index contributed by atoms with van der Waals surface area (Å²) in [5.74, 6) is -1.88. The van der Waals surface area contributed by atoms with Crippen LogP contribution in [0.2, 0.25) is 0 Å². The van der Waals surface area contributed by atoms with E-state index in [1.165, 1.54) is 12.0 Å². The molecule has 0 aromatic heterocycles. The van der Waals surface area contributed by atoms with Crippen LogP contribution < -0.4 is 0 Å². The number of rotatable bonds is 6. The molecule has 0 aromatic carbocycles. The first-order chi connectivity index (χ1) is 14.5. The van der Waals surface area contributed by atoms with Gasteiger partial charge >= 0.3 is 0 Å². The fourth-order valence-electron chi connectivity index (χ4n) is 6.59. The first-order valence-corrected chi connectivity index (χ1v) is 12.3. The predicted molar refractivity (Wildman–Crippen MR) is 123 cm³/mol. The van der Waals surface area contributed by atoms with Gasteiger partial charge in [-0.3, -0.25) is 0 Å². The molecule has 2 N–H and O–H groups in total. The van der Waals surface area contributed by atoms with Crippen LogP contribution in [-0.2, 0) is 0 Å². The normalized spacial score (nSPS) is 38.2. The Morgan fingerprint density at radius 2 is 1.90 bits per heavy atom. The largest absolute Gasteiger partial charge is 0.393 e. The Morgan fingerprint density at radius 3 is 2.58 bits per heavy atom. The average molecular weight is 437 g/mol. The Labute approximate surface area is 187 Å². The van der Waals surface area contributed by atoms with Crippen molar-refractivity contribution in [2.75, 3.05) is 0 Å². The SMILES string of the molecule is C=C1/C(=C/C=C2\CCC[C@]3(C)[C@@H]([C@H](C)CCC(F)(F)C(C)C)CC[C@@H]23)C[C@@H](O)C[C@@H]1O. The third kappa shape index (κ3) is 5.16. The van der Waals surface area contributed by atoms with Gasteiger partial charge in [-0.2, -0.15) is 0 Å². The molecule has 0 saturated heterocycles. The van der Waals surface area contributed by atoms with Crippen LogP contribution in [0.25, 0.3) is 0 Å². The van der Waals surface area contributed by atoms with Crippen LogP contribution in [0.4, 0.5) is 8.78 Å². The molecule has 3 fully saturated rings. The highest BCUT2D eigenvalue weighted by Crippen LogP contribution is 2.60. The van der Waals surface area contributed by atoms with Crippen molar-refractivity contribution >= 4 is 0 Å². The van der Waals surface area contributed by atoms with Crippen LogP contribution >= 0.6 is 0 Å². The highest BCUT2D eigenvalue weighted by atomic mass is 19.3. The van der Waals surface area contributed by atoms with E-state index in [9.17, 15) is 19.0 Å². The molecule has 3 saturated carbocycles. The molecule has 3 rings (SSSR count). The molecule has 3 aliphatic rings. The Balaban J connectivity index is 1.73. The van der Waals surface area contributed by atoms with E-state index in [2.05, 4.69) is 32.6 Å². The van der Waals surface area contributed by atoms with Crippen molar-refractivity contribution in [1.82, 2.24) is 0 Å².